The lowest BCUT2D eigenvalue weighted by Crippen LogP contribution is -2.29. The molecule has 114 valence electrons. The molecule has 6 nitrogen and oxygen atoms in total. The molecule has 2 aromatic heterocycles. The molecule has 21 heavy (non-hydrogen) atoms. The van der Waals surface area contributed by atoms with Crippen molar-refractivity contribution in [1.29, 1.82) is 0 Å². The lowest BCUT2D eigenvalue weighted by molar-refractivity contribution is -0.121. The SMILES string of the molecule is COCCNC(=O)CCNCc1cn2cc(Cl)ccc2n1. The number of rotatable bonds is 8. The summed E-state index contributed by atoms with van der Waals surface area (Å²) in [6.07, 6.45) is 4.17. The Kier molecular flexibility index (Phi) is 5.98. The molecule has 0 atom stereocenters. The third kappa shape index (κ3) is 5.00. The fraction of sp³-hybridized carbons (Fsp3) is 0.429. The van der Waals surface area contributed by atoms with E-state index in [1.165, 1.54) is 0 Å². The van der Waals surface area contributed by atoms with Crippen molar-refractivity contribution >= 4 is 23.2 Å². The highest BCUT2D eigenvalue weighted by molar-refractivity contribution is 6.30. The minimum absolute atomic E-state index is 0.0151. The van der Waals surface area contributed by atoms with Gasteiger partial charge in [-0.3, -0.25) is 4.79 Å². The highest BCUT2D eigenvalue weighted by atomic mass is 35.5. The normalized spacial score (nSPS) is 11.0. The Balaban J connectivity index is 1.71. The van der Waals surface area contributed by atoms with E-state index in [1.54, 1.807) is 7.11 Å². The molecule has 0 unspecified atom stereocenters. The van der Waals surface area contributed by atoms with Crippen molar-refractivity contribution in [2.75, 3.05) is 26.8 Å². The quantitative estimate of drug-likeness (QED) is 0.720. The van der Waals surface area contributed by atoms with E-state index in [1.807, 2.05) is 28.9 Å². The Bertz CT molecular complexity index is 600. The second-order valence-electron chi connectivity index (χ2n) is 4.61. The molecule has 2 rings (SSSR count). The number of aromatic nitrogens is 2. The maximum atomic E-state index is 11.5. The summed E-state index contributed by atoms with van der Waals surface area (Å²) in [7, 11) is 1.61. The molecule has 0 aliphatic carbocycles. The second kappa shape index (κ2) is 7.97. The first-order valence-electron chi connectivity index (χ1n) is 6.78. The lowest BCUT2D eigenvalue weighted by atomic mass is 10.3. The Morgan fingerprint density at radius 2 is 2.24 bits per heavy atom. The Hall–Kier alpha value is -1.63. The minimum atomic E-state index is 0.0151. The van der Waals surface area contributed by atoms with Crippen LogP contribution in [0.4, 0.5) is 0 Å². The van der Waals surface area contributed by atoms with Crippen LogP contribution in [0.1, 0.15) is 12.1 Å². The third-order valence-corrected chi connectivity index (χ3v) is 3.15. The predicted octanol–water partition coefficient (Wildman–Crippen LogP) is 1.23. The molecule has 0 bridgehead atoms. The molecule has 7 heteroatoms. The van der Waals surface area contributed by atoms with Crippen LogP contribution in [0.3, 0.4) is 0 Å². The van der Waals surface area contributed by atoms with E-state index in [2.05, 4.69) is 15.6 Å². The van der Waals surface area contributed by atoms with Gasteiger partial charge in [-0.05, 0) is 12.1 Å². The Labute approximate surface area is 128 Å². The van der Waals surface area contributed by atoms with E-state index < -0.39 is 0 Å². The summed E-state index contributed by atoms with van der Waals surface area (Å²) in [4.78, 5) is 15.9. The van der Waals surface area contributed by atoms with Gasteiger partial charge in [-0.25, -0.2) is 4.98 Å². The van der Waals surface area contributed by atoms with Crippen molar-refractivity contribution in [3.05, 3.63) is 35.2 Å². The number of fused-ring (bicyclic) bond motifs is 1. The van der Waals surface area contributed by atoms with Gasteiger partial charge in [0.2, 0.25) is 5.91 Å². The molecular formula is C14H19ClN4O2. The van der Waals surface area contributed by atoms with Crippen LogP contribution in [0.15, 0.2) is 24.5 Å². The van der Waals surface area contributed by atoms with E-state index in [4.69, 9.17) is 16.3 Å². The van der Waals surface area contributed by atoms with Crippen LogP contribution < -0.4 is 10.6 Å². The van der Waals surface area contributed by atoms with Gasteiger partial charge in [-0.15, -0.1) is 0 Å². The van der Waals surface area contributed by atoms with Crippen LogP contribution in [-0.2, 0) is 16.1 Å². The average molecular weight is 311 g/mol. The summed E-state index contributed by atoms with van der Waals surface area (Å²) in [6, 6.07) is 3.68. The molecule has 0 saturated carbocycles. The predicted molar refractivity (Wildman–Crippen MR) is 81.4 cm³/mol. The van der Waals surface area contributed by atoms with Crippen molar-refractivity contribution in [1.82, 2.24) is 20.0 Å². The van der Waals surface area contributed by atoms with Crippen molar-refractivity contribution in [3.63, 3.8) is 0 Å². The number of hydrogen-bond acceptors (Lipinski definition) is 4. The van der Waals surface area contributed by atoms with Gasteiger partial charge in [-0.2, -0.15) is 0 Å². The minimum Gasteiger partial charge on any atom is -0.383 e. The highest BCUT2D eigenvalue weighted by Crippen LogP contribution is 2.11. The molecular weight excluding hydrogens is 292 g/mol. The Morgan fingerprint density at radius 1 is 1.38 bits per heavy atom. The smallest absolute Gasteiger partial charge is 0.221 e. The van der Waals surface area contributed by atoms with E-state index in [-0.39, 0.29) is 5.91 Å². The van der Waals surface area contributed by atoms with Gasteiger partial charge < -0.3 is 19.8 Å². The molecule has 2 aromatic rings. The molecule has 0 fully saturated rings. The number of ether oxygens (including phenoxy) is 1. The third-order valence-electron chi connectivity index (χ3n) is 2.93. The summed E-state index contributed by atoms with van der Waals surface area (Å²) in [5, 5.41) is 6.64. The van der Waals surface area contributed by atoms with Gasteiger partial charge in [-0.1, -0.05) is 11.6 Å². The second-order valence-corrected chi connectivity index (χ2v) is 5.05. The first-order chi connectivity index (χ1) is 10.2. The van der Waals surface area contributed by atoms with Gasteiger partial charge in [0.15, 0.2) is 0 Å². The van der Waals surface area contributed by atoms with Crippen molar-refractivity contribution in [3.8, 4) is 0 Å². The van der Waals surface area contributed by atoms with Crippen molar-refractivity contribution < 1.29 is 9.53 Å². The molecule has 0 aliphatic rings. The number of carbonyl (C=O) groups is 1. The fourth-order valence-electron chi connectivity index (χ4n) is 1.90. The fourth-order valence-corrected chi connectivity index (χ4v) is 2.07. The molecule has 2 heterocycles. The number of methoxy groups -OCH3 is 1. The molecule has 0 spiro atoms. The zero-order valence-electron chi connectivity index (χ0n) is 11.9. The van der Waals surface area contributed by atoms with E-state index in [0.29, 0.717) is 37.7 Å². The zero-order chi connectivity index (χ0) is 15.1. The van der Waals surface area contributed by atoms with Gasteiger partial charge >= 0.3 is 0 Å². The van der Waals surface area contributed by atoms with Crippen LogP contribution in [0, 0.1) is 0 Å². The number of hydrogen-bond donors (Lipinski definition) is 2. The number of carbonyl (C=O) groups excluding carboxylic acids is 1. The molecule has 0 radical (unpaired) electrons. The maximum absolute atomic E-state index is 11.5. The van der Waals surface area contributed by atoms with Crippen molar-refractivity contribution in [2.45, 2.75) is 13.0 Å². The molecule has 0 aromatic carbocycles. The zero-order valence-corrected chi connectivity index (χ0v) is 12.7. The standard InChI is InChI=1S/C14H19ClN4O2/c1-21-7-6-17-14(20)4-5-16-8-12-10-19-9-11(15)2-3-13(19)18-12/h2-3,9-10,16H,4-8H2,1H3,(H,17,20). The number of nitrogens with one attached hydrogen (secondary N) is 2. The largest absolute Gasteiger partial charge is 0.383 e. The van der Waals surface area contributed by atoms with Gasteiger partial charge in [0.1, 0.15) is 5.65 Å². The molecule has 1 amide bonds. The number of imidazole rings is 1. The van der Waals surface area contributed by atoms with Gasteiger partial charge in [0.25, 0.3) is 0 Å². The number of halogens is 1. The number of nitrogens with zero attached hydrogens (tertiary/aromatic N) is 2. The summed E-state index contributed by atoms with van der Waals surface area (Å²) >= 11 is 5.92. The highest BCUT2D eigenvalue weighted by Gasteiger charge is 2.03. The number of amides is 1. The lowest BCUT2D eigenvalue weighted by Gasteiger charge is -2.04. The van der Waals surface area contributed by atoms with Crippen LogP contribution >= 0.6 is 11.6 Å². The van der Waals surface area contributed by atoms with Gasteiger partial charge in [0, 0.05) is 45.6 Å². The molecule has 0 aliphatic heterocycles. The summed E-state index contributed by atoms with van der Waals surface area (Å²) in [5.74, 6) is 0.0151. The van der Waals surface area contributed by atoms with Gasteiger partial charge in [0.05, 0.1) is 17.3 Å². The molecule has 2 N–H and O–H groups in total. The van der Waals surface area contributed by atoms with Crippen LogP contribution in [-0.4, -0.2) is 42.1 Å². The van der Waals surface area contributed by atoms with E-state index >= 15 is 0 Å². The average Bonchev–Trinajstić information content (AvgIpc) is 2.85. The van der Waals surface area contributed by atoms with Crippen LogP contribution in [0.5, 0.6) is 0 Å². The monoisotopic (exact) mass is 310 g/mol. The first kappa shape index (κ1) is 15.8. The Morgan fingerprint density at radius 3 is 3.05 bits per heavy atom. The van der Waals surface area contributed by atoms with Crippen molar-refractivity contribution in [2.24, 2.45) is 0 Å². The molecule has 0 saturated heterocycles. The van der Waals surface area contributed by atoms with Crippen LogP contribution in [0.25, 0.3) is 5.65 Å². The topological polar surface area (TPSA) is 67.7 Å². The summed E-state index contributed by atoms with van der Waals surface area (Å²) in [6.45, 7) is 2.30. The van der Waals surface area contributed by atoms with E-state index in [0.717, 1.165) is 11.3 Å². The number of pyridine rings is 1. The maximum Gasteiger partial charge on any atom is 0.221 e. The van der Waals surface area contributed by atoms with Crippen LogP contribution in [0.2, 0.25) is 5.02 Å². The first-order valence-corrected chi connectivity index (χ1v) is 7.16. The summed E-state index contributed by atoms with van der Waals surface area (Å²) in [5.41, 5.74) is 1.77. The summed E-state index contributed by atoms with van der Waals surface area (Å²) < 4.78 is 6.75. The van der Waals surface area contributed by atoms with E-state index in [9.17, 15) is 4.79 Å².